The summed E-state index contributed by atoms with van der Waals surface area (Å²) in [4.78, 5) is 0. The van der Waals surface area contributed by atoms with Crippen molar-refractivity contribution in [3.8, 4) is 0 Å². The molecule has 2 aromatic rings. The number of nitrogens with one attached hydrogen (secondary N) is 2. The van der Waals surface area contributed by atoms with E-state index in [0.29, 0.717) is 0 Å². The number of aryl methyl sites for hydroxylation is 1. The van der Waals surface area contributed by atoms with Crippen LogP contribution in [-0.4, -0.2) is 71.4 Å². The van der Waals surface area contributed by atoms with Crippen molar-refractivity contribution in [3.63, 3.8) is 0 Å². The largest absolute Gasteiger partial charge is 0.500 e. The molecule has 2 heterocycles. The van der Waals surface area contributed by atoms with Gasteiger partial charge in [0.25, 0.3) is 0 Å². The fourth-order valence-electron chi connectivity index (χ4n) is 3.50. The Bertz CT molecular complexity index is 616. The van der Waals surface area contributed by atoms with E-state index in [4.69, 9.17) is 13.3 Å². The maximum Gasteiger partial charge on any atom is 0.500 e. The van der Waals surface area contributed by atoms with Gasteiger partial charge in [0, 0.05) is 39.7 Å². The molecular weight excluding hydrogens is 392 g/mol. The highest BCUT2D eigenvalue weighted by Gasteiger charge is 2.38. The van der Waals surface area contributed by atoms with Crippen LogP contribution in [0.15, 0.2) is 0 Å². The monoisotopic (exact) mass is 426 g/mol. The third-order valence-corrected chi connectivity index (χ3v) is 8.07. The van der Waals surface area contributed by atoms with Gasteiger partial charge < -0.3 is 13.3 Å². The SMILES string of the molecule is CO[Si](CCC(CCCCCCCCCc1nn[nH]n1)c1nn[nH]n1)(OC)OC. The van der Waals surface area contributed by atoms with Crippen molar-refractivity contribution in [2.45, 2.75) is 76.2 Å². The van der Waals surface area contributed by atoms with E-state index in [-0.39, 0.29) is 5.92 Å². The van der Waals surface area contributed by atoms with Crippen molar-refractivity contribution in [2.24, 2.45) is 0 Å². The highest BCUT2D eigenvalue weighted by Crippen LogP contribution is 2.28. The van der Waals surface area contributed by atoms with Crippen LogP contribution in [0.4, 0.5) is 0 Å². The molecule has 0 saturated heterocycles. The van der Waals surface area contributed by atoms with Gasteiger partial charge in [-0.2, -0.15) is 10.4 Å². The van der Waals surface area contributed by atoms with Crippen molar-refractivity contribution in [3.05, 3.63) is 11.6 Å². The Balaban J connectivity index is 1.61. The maximum atomic E-state index is 5.53. The van der Waals surface area contributed by atoms with Gasteiger partial charge in [-0.3, -0.25) is 0 Å². The van der Waals surface area contributed by atoms with E-state index in [9.17, 15) is 0 Å². The topological polar surface area (TPSA) is 137 Å². The molecule has 1 atom stereocenters. The summed E-state index contributed by atoms with van der Waals surface area (Å²) in [6.07, 6.45) is 11.2. The first-order valence-electron chi connectivity index (χ1n) is 10.3. The summed E-state index contributed by atoms with van der Waals surface area (Å²) in [7, 11) is 2.34. The number of tetrazole rings is 2. The van der Waals surface area contributed by atoms with Crippen LogP contribution in [0.3, 0.4) is 0 Å². The molecule has 0 bridgehead atoms. The predicted octanol–water partition coefficient (Wildman–Crippen LogP) is 2.43. The van der Waals surface area contributed by atoms with Gasteiger partial charge in [-0.05, 0) is 19.3 Å². The zero-order chi connectivity index (χ0) is 20.8. The first-order valence-corrected chi connectivity index (χ1v) is 12.3. The van der Waals surface area contributed by atoms with Crippen LogP contribution < -0.4 is 0 Å². The molecule has 0 aromatic carbocycles. The highest BCUT2D eigenvalue weighted by atomic mass is 28.4. The summed E-state index contributed by atoms with van der Waals surface area (Å²) >= 11 is 0. The van der Waals surface area contributed by atoms with Gasteiger partial charge in [-0.1, -0.05) is 49.0 Å². The van der Waals surface area contributed by atoms with Crippen molar-refractivity contribution < 1.29 is 13.3 Å². The van der Waals surface area contributed by atoms with Crippen molar-refractivity contribution in [1.29, 1.82) is 0 Å². The number of H-pyrrole nitrogens is 2. The number of aromatic nitrogens is 8. The Morgan fingerprint density at radius 2 is 1.38 bits per heavy atom. The van der Waals surface area contributed by atoms with Crippen LogP contribution in [0.1, 0.15) is 75.4 Å². The van der Waals surface area contributed by atoms with E-state index in [2.05, 4.69) is 41.2 Å². The molecule has 0 saturated carbocycles. The first kappa shape index (κ1) is 23.5. The summed E-state index contributed by atoms with van der Waals surface area (Å²) in [5.41, 5.74) is 0. The Labute approximate surface area is 173 Å². The highest BCUT2D eigenvalue weighted by molar-refractivity contribution is 6.60. The van der Waals surface area contributed by atoms with Crippen molar-refractivity contribution in [2.75, 3.05) is 21.3 Å². The molecule has 0 aliphatic heterocycles. The molecule has 0 fully saturated rings. The van der Waals surface area contributed by atoms with E-state index in [1.54, 1.807) is 21.3 Å². The lowest BCUT2D eigenvalue weighted by atomic mass is 9.97. The van der Waals surface area contributed by atoms with Crippen molar-refractivity contribution >= 4 is 8.80 Å². The molecule has 2 N–H and O–H groups in total. The molecule has 1 unspecified atom stereocenters. The van der Waals surface area contributed by atoms with Gasteiger partial charge in [0.05, 0.1) is 0 Å². The van der Waals surface area contributed by atoms with E-state index in [1.807, 2.05) is 0 Å². The van der Waals surface area contributed by atoms with Crippen LogP contribution in [-0.2, 0) is 19.7 Å². The van der Waals surface area contributed by atoms with Gasteiger partial charge in [0.2, 0.25) is 0 Å². The number of aromatic amines is 2. The average molecular weight is 427 g/mol. The molecular formula is C17H34N8O3Si. The molecule has 0 radical (unpaired) electrons. The second-order valence-electron chi connectivity index (χ2n) is 7.14. The summed E-state index contributed by atoms with van der Waals surface area (Å²) in [5.74, 6) is 1.80. The minimum Gasteiger partial charge on any atom is -0.377 e. The van der Waals surface area contributed by atoms with E-state index >= 15 is 0 Å². The van der Waals surface area contributed by atoms with Gasteiger partial charge in [-0.15, -0.1) is 20.4 Å². The second kappa shape index (κ2) is 13.5. The van der Waals surface area contributed by atoms with Gasteiger partial charge in [0.15, 0.2) is 11.6 Å². The number of nitrogens with zero attached hydrogens (tertiary/aromatic N) is 6. The van der Waals surface area contributed by atoms with Gasteiger partial charge >= 0.3 is 8.80 Å². The Morgan fingerprint density at radius 3 is 1.97 bits per heavy atom. The number of hydrogen-bond acceptors (Lipinski definition) is 9. The van der Waals surface area contributed by atoms with Crippen LogP contribution in [0.25, 0.3) is 0 Å². The summed E-state index contributed by atoms with van der Waals surface area (Å²) in [6.45, 7) is 0. The molecule has 29 heavy (non-hydrogen) atoms. The third kappa shape index (κ3) is 8.24. The zero-order valence-electron chi connectivity index (χ0n) is 17.8. The summed E-state index contributed by atoms with van der Waals surface area (Å²) < 4.78 is 16.6. The molecule has 0 amide bonds. The zero-order valence-corrected chi connectivity index (χ0v) is 18.8. The number of hydrogen-bond donors (Lipinski definition) is 2. The summed E-state index contributed by atoms with van der Waals surface area (Å²) in [5, 5.41) is 28.7. The Kier molecular flexibility index (Phi) is 10.9. The first-order chi connectivity index (χ1) is 14.2. The normalized spacial score (nSPS) is 13.1. The quantitative estimate of drug-likeness (QED) is 0.288. The van der Waals surface area contributed by atoms with Crippen LogP contribution in [0.5, 0.6) is 0 Å². The molecule has 0 aliphatic carbocycles. The fraction of sp³-hybridized carbons (Fsp3) is 0.882. The average Bonchev–Trinajstić information content (AvgIpc) is 3.46. The molecule has 0 spiro atoms. The maximum absolute atomic E-state index is 5.53. The van der Waals surface area contributed by atoms with Gasteiger partial charge in [0.1, 0.15) is 0 Å². The molecule has 11 nitrogen and oxygen atoms in total. The standard InChI is InChI=1S/C17H34N8O3Si/c1-26-29(27-2,28-3)14-13-15(17-20-24-25-21-17)11-9-7-5-4-6-8-10-12-16-18-22-23-19-16/h15H,4-14H2,1-3H3,(H,18,19,22,23)(H,20,21,24,25). The third-order valence-electron chi connectivity index (χ3n) is 5.30. The Hall–Kier alpha value is -1.76. The van der Waals surface area contributed by atoms with E-state index < -0.39 is 8.80 Å². The van der Waals surface area contributed by atoms with Crippen LogP contribution in [0, 0.1) is 0 Å². The van der Waals surface area contributed by atoms with E-state index in [1.165, 1.54) is 32.1 Å². The lowest BCUT2D eigenvalue weighted by molar-refractivity contribution is 0.122. The fourth-order valence-corrected chi connectivity index (χ4v) is 5.31. The minimum absolute atomic E-state index is 0.232. The van der Waals surface area contributed by atoms with Crippen LogP contribution >= 0.6 is 0 Å². The second-order valence-corrected chi connectivity index (χ2v) is 10.2. The van der Waals surface area contributed by atoms with Crippen LogP contribution in [0.2, 0.25) is 6.04 Å². The lowest BCUT2D eigenvalue weighted by Crippen LogP contribution is -2.42. The molecule has 2 aromatic heterocycles. The predicted molar refractivity (Wildman–Crippen MR) is 108 cm³/mol. The summed E-state index contributed by atoms with van der Waals surface area (Å²) in [6, 6.07) is 0.732. The molecule has 164 valence electrons. The molecule has 0 aliphatic rings. The molecule has 2 rings (SSSR count). The molecule has 12 heteroatoms. The van der Waals surface area contributed by atoms with Gasteiger partial charge in [-0.25, -0.2) is 0 Å². The van der Waals surface area contributed by atoms with Crippen molar-refractivity contribution in [1.82, 2.24) is 41.2 Å². The number of unbranched alkanes of at least 4 members (excludes halogenated alkanes) is 6. The number of rotatable bonds is 17. The Morgan fingerprint density at radius 1 is 0.759 bits per heavy atom. The smallest absolute Gasteiger partial charge is 0.377 e. The lowest BCUT2D eigenvalue weighted by Gasteiger charge is -2.25. The minimum atomic E-state index is -2.59. The van der Waals surface area contributed by atoms with E-state index in [0.717, 1.165) is 49.8 Å².